The summed E-state index contributed by atoms with van der Waals surface area (Å²) in [7, 11) is -4.30. The van der Waals surface area contributed by atoms with Crippen LogP contribution in [0.15, 0.2) is 0 Å². The number of aliphatic hydroxyl groups excluding tert-OH is 1. The topological polar surface area (TPSA) is 131 Å². The van der Waals surface area contributed by atoms with E-state index < -0.39 is 20.0 Å². The first-order valence-electron chi connectivity index (χ1n) is 18.2. The normalized spacial score (nSPS) is 14.4. The number of carbonyl (C=O) groups excluding carboxylic acids is 1. The molecule has 0 fully saturated rings. The van der Waals surface area contributed by atoms with Crippen LogP contribution >= 0.6 is 7.82 Å². The molecular formula is C34H71N2O6P. The van der Waals surface area contributed by atoms with Crippen LogP contribution in [0.25, 0.3) is 0 Å². The zero-order valence-corrected chi connectivity index (χ0v) is 29.1. The van der Waals surface area contributed by atoms with Gasteiger partial charge in [-0.3, -0.25) is 13.8 Å². The highest BCUT2D eigenvalue weighted by Gasteiger charge is 2.27. The Hall–Kier alpha value is -0.500. The number of phosphoric ester groups is 1. The van der Waals surface area contributed by atoms with Crippen LogP contribution in [0.1, 0.15) is 181 Å². The van der Waals surface area contributed by atoms with Crippen molar-refractivity contribution in [3.05, 3.63) is 0 Å². The fourth-order valence-corrected chi connectivity index (χ4v) is 6.19. The number of nitrogens with one attached hydrogen (secondary N) is 1. The molecule has 0 saturated carbocycles. The molecule has 0 radical (unpaired) electrons. The maximum absolute atomic E-state index is 12.7. The molecule has 43 heavy (non-hydrogen) atoms. The highest BCUT2D eigenvalue weighted by atomic mass is 31.2. The first kappa shape index (κ1) is 42.5. The van der Waals surface area contributed by atoms with Crippen molar-refractivity contribution < 1.29 is 28.4 Å². The SMILES string of the molecule is CCCCCCCCCCCCCCCC(=O)NC(COP(=O)(O)OCCN)C(O)CCCCCCCCCCCCC. The third-order valence-electron chi connectivity index (χ3n) is 8.21. The van der Waals surface area contributed by atoms with Crippen molar-refractivity contribution in [2.45, 2.75) is 193 Å². The van der Waals surface area contributed by atoms with Crippen LogP contribution in [0.5, 0.6) is 0 Å². The first-order chi connectivity index (χ1) is 20.9. The average molecular weight is 635 g/mol. The molecule has 0 bridgehead atoms. The van der Waals surface area contributed by atoms with Crippen LogP contribution < -0.4 is 11.1 Å². The van der Waals surface area contributed by atoms with Crippen molar-refractivity contribution in [3.8, 4) is 0 Å². The maximum Gasteiger partial charge on any atom is 0.472 e. The predicted molar refractivity (Wildman–Crippen MR) is 180 cm³/mol. The molecule has 3 unspecified atom stereocenters. The lowest BCUT2D eigenvalue weighted by molar-refractivity contribution is -0.123. The third-order valence-corrected chi connectivity index (χ3v) is 9.20. The van der Waals surface area contributed by atoms with Crippen LogP contribution in [0.2, 0.25) is 0 Å². The molecular weight excluding hydrogens is 563 g/mol. The third kappa shape index (κ3) is 29.9. The minimum atomic E-state index is -4.30. The van der Waals surface area contributed by atoms with E-state index in [2.05, 4.69) is 19.2 Å². The van der Waals surface area contributed by atoms with E-state index >= 15 is 0 Å². The Morgan fingerprint density at radius 3 is 1.49 bits per heavy atom. The Labute approximate surface area is 265 Å². The summed E-state index contributed by atoms with van der Waals surface area (Å²) in [5, 5.41) is 13.7. The lowest BCUT2D eigenvalue weighted by Crippen LogP contribution is -2.46. The van der Waals surface area contributed by atoms with E-state index in [1.165, 1.54) is 116 Å². The second kappa shape index (κ2) is 31.5. The summed E-state index contributed by atoms with van der Waals surface area (Å²) in [6.07, 6.45) is 29.6. The average Bonchev–Trinajstić information content (AvgIpc) is 2.99. The van der Waals surface area contributed by atoms with Crippen LogP contribution in [0, 0.1) is 0 Å². The number of unbranched alkanes of at least 4 members (excludes halogenated alkanes) is 22. The van der Waals surface area contributed by atoms with Gasteiger partial charge in [-0.2, -0.15) is 0 Å². The predicted octanol–water partition coefficient (Wildman–Crippen LogP) is 9.11. The Morgan fingerprint density at radius 2 is 1.07 bits per heavy atom. The van der Waals surface area contributed by atoms with Gasteiger partial charge in [0.25, 0.3) is 0 Å². The largest absolute Gasteiger partial charge is 0.472 e. The lowest BCUT2D eigenvalue weighted by atomic mass is 10.0. The highest BCUT2D eigenvalue weighted by molar-refractivity contribution is 7.47. The van der Waals surface area contributed by atoms with Gasteiger partial charge in [0, 0.05) is 13.0 Å². The van der Waals surface area contributed by atoms with Crippen molar-refractivity contribution in [3.63, 3.8) is 0 Å². The molecule has 0 heterocycles. The van der Waals surface area contributed by atoms with E-state index in [0.29, 0.717) is 12.8 Å². The molecule has 0 aromatic heterocycles. The van der Waals surface area contributed by atoms with Gasteiger partial charge in [-0.1, -0.05) is 162 Å². The van der Waals surface area contributed by atoms with Crippen molar-refractivity contribution in [1.82, 2.24) is 5.32 Å². The molecule has 0 aliphatic carbocycles. The van der Waals surface area contributed by atoms with Gasteiger partial charge in [-0.05, 0) is 12.8 Å². The number of hydrogen-bond donors (Lipinski definition) is 4. The first-order valence-corrected chi connectivity index (χ1v) is 19.6. The fourth-order valence-electron chi connectivity index (χ4n) is 5.43. The number of aliphatic hydroxyl groups is 1. The van der Waals surface area contributed by atoms with Crippen molar-refractivity contribution in [2.24, 2.45) is 5.73 Å². The number of carbonyl (C=O) groups is 1. The zero-order chi connectivity index (χ0) is 31.9. The number of hydrogen-bond acceptors (Lipinski definition) is 6. The summed E-state index contributed by atoms with van der Waals surface area (Å²) < 4.78 is 22.0. The summed E-state index contributed by atoms with van der Waals surface area (Å²) in [6, 6.07) is -0.764. The molecule has 0 aromatic rings. The van der Waals surface area contributed by atoms with E-state index in [9.17, 15) is 19.4 Å². The van der Waals surface area contributed by atoms with Crippen molar-refractivity contribution in [2.75, 3.05) is 19.8 Å². The van der Waals surface area contributed by atoms with Gasteiger partial charge in [0.1, 0.15) is 0 Å². The molecule has 0 saturated heterocycles. The molecule has 258 valence electrons. The summed E-state index contributed by atoms with van der Waals surface area (Å²) >= 11 is 0. The molecule has 0 aliphatic heterocycles. The maximum atomic E-state index is 12.7. The minimum Gasteiger partial charge on any atom is -0.391 e. The molecule has 5 N–H and O–H groups in total. The second-order valence-electron chi connectivity index (χ2n) is 12.4. The number of phosphoric acid groups is 1. The standard InChI is InChI=1S/C34H71N2O6P/c1-3-5-7-9-11-13-15-16-18-20-22-24-26-28-34(38)36-32(31-42-43(39,40)41-30-29-35)33(37)27-25-23-21-19-17-14-12-10-8-6-4-2/h32-33,37H,3-31,35H2,1-2H3,(H,36,38)(H,39,40). The second-order valence-corrected chi connectivity index (χ2v) is 13.9. The molecule has 0 aromatic carbocycles. The molecule has 0 rings (SSSR count). The Balaban J connectivity index is 4.25. The van der Waals surface area contributed by atoms with E-state index in [1.54, 1.807) is 0 Å². The molecule has 1 amide bonds. The van der Waals surface area contributed by atoms with Crippen molar-refractivity contribution in [1.29, 1.82) is 0 Å². The number of amides is 1. The molecule has 3 atom stereocenters. The summed E-state index contributed by atoms with van der Waals surface area (Å²) in [6.45, 7) is 4.19. The van der Waals surface area contributed by atoms with Crippen LogP contribution in [0.4, 0.5) is 0 Å². The van der Waals surface area contributed by atoms with Gasteiger partial charge in [-0.25, -0.2) is 4.57 Å². The van der Waals surface area contributed by atoms with Crippen LogP contribution in [-0.4, -0.2) is 47.8 Å². The molecule has 9 heteroatoms. The monoisotopic (exact) mass is 635 g/mol. The molecule has 8 nitrogen and oxygen atoms in total. The zero-order valence-electron chi connectivity index (χ0n) is 28.2. The number of nitrogens with two attached hydrogens (primary N) is 1. The van der Waals surface area contributed by atoms with E-state index in [1.807, 2.05) is 0 Å². The van der Waals surface area contributed by atoms with Gasteiger partial charge in [0.15, 0.2) is 0 Å². The smallest absolute Gasteiger partial charge is 0.391 e. The Morgan fingerprint density at radius 1 is 0.674 bits per heavy atom. The van der Waals surface area contributed by atoms with E-state index in [-0.39, 0.29) is 25.7 Å². The summed E-state index contributed by atoms with van der Waals surface area (Å²) in [5.74, 6) is -0.162. The Bertz CT molecular complexity index is 654. The fraction of sp³-hybridized carbons (Fsp3) is 0.971. The van der Waals surface area contributed by atoms with Crippen LogP contribution in [-0.2, 0) is 18.4 Å². The Kier molecular flexibility index (Phi) is 31.1. The molecule has 0 spiro atoms. The van der Waals surface area contributed by atoms with E-state index in [0.717, 1.165) is 38.5 Å². The summed E-state index contributed by atoms with van der Waals surface area (Å²) in [5.41, 5.74) is 5.35. The molecule has 0 aliphatic rings. The van der Waals surface area contributed by atoms with Gasteiger partial charge in [0.2, 0.25) is 5.91 Å². The van der Waals surface area contributed by atoms with Gasteiger partial charge in [-0.15, -0.1) is 0 Å². The number of rotatable bonds is 34. The van der Waals surface area contributed by atoms with Crippen molar-refractivity contribution >= 4 is 13.7 Å². The van der Waals surface area contributed by atoms with E-state index in [4.69, 9.17) is 14.8 Å². The quantitative estimate of drug-likeness (QED) is 0.0410. The lowest BCUT2D eigenvalue weighted by Gasteiger charge is -2.25. The minimum absolute atomic E-state index is 0.0919. The van der Waals surface area contributed by atoms with Gasteiger partial charge < -0.3 is 21.1 Å². The van der Waals surface area contributed by atoms with Gasteiger partial charge >= 0.3 is 7.82 Å². The van der Waals surface area contributed by atoms with Crippen LogP contribution in [0.3, 0.4) is 0 Å². The summed E-state index contributed by atoms with van der Waals surface area (Å²) in [4.78, 5) is 22.5. The van der Waals surface area contributed by atoms with Gasteiger partial charge in [0.05, 0.1) is 25.4 Å². The highest BCUT2D eigenvalue weighted by Crippen LogP contribution is 2.43.